The van der Waals surface area contributed by atoms with Crippen LogP contribution in [0.5, 0.6) is 0 Å². The van der Waals surface area contributed by atoms with Crippen LogP contribution in [0.4, 0.5) is 0 Å². The van der Waals surface area contributed by atoms with E-state index in [0.717, 1.165) is 19.1 Å². The highest BCUT2D eigenvalue weighted by Gasteiger charge is 2.31. The third-order valence-electron chi connectivity index (χ3n) is 3.99. The van der Waals surface area contributed by atoms with Gasteiger partial charge in [-0.2, -0.15) is 0 Å². The second-order valence-electron chi connectivity index (χ2n) is 6.70. The lowest BCUT2D eigenvalue weighted by Gasteiger charge is -2.36. The Morgan fingerprint density at radius 1 is 1.29 bits per heavy atom. The smallest absolute Gasteiger partial charge is 0.136 e. The van der Waals surface area contributed by atoms with Gasteiger partial charge in [-0.05, 0) is 25.7 Å². The van der Waals surface area contributed by atoms with E-state index in [1.165, 1.54) is 25.7 Å². The van der Waals surface area contributed by atoms with E-state index >= 15 is 0 Å². The number of Topliss-reactive ketones (excluding diaryl/α,β-unsaturated/α-hetero) is 1. The number of hydrogen-bond acceptors (Lipinski definition) is 2. The SMILES string of the molecule is CC(=O)C(C)(C)CN(CC(C)C)C1CCCC1. The number of nitrogens with zero attached hydrogens (tertiary/aromatic N) is 1. The van der Waals surface area contributed by atoms with Crippen molar-refractivity contribution in [3.05, 3.63) is 0 Å². The van der Waals surface area contributed by atoms with Crippen LogP contribution in [0.25, 0.3) is 0 Å². The van der Waals surface area contributed by atoms with Crippen molar-refractivity contribution in [3.8, 4) is 0 Å². The zero-order valence-corrected chi connectivity index (χ0v) is 12.3. The first-order valence-corrected chi connectivity index (χ1v) is 7.08. The molecule has 1 fully saturated rings. The zero-order chi connectivity index (χ0) is 13.1. The van der Waals surface area contributed by atoms with Crippen LogP contribution in [0, 0.1) is 11.3 Å². The van der Waals surface area contributed by atoms with Gasteiger partial charge in [-0.1, -0.05) is 40.5 Å². The lowest BCUT2D eigenvalue weighted by atomic mass is 9.87. The molecule has 1 saturated carbocycles. The van der Waals surface area contributed by atoms with Crippen LogP contribution in [-0.2, 0) is 4.79 Å². The maximum absolute atomic E-state index is 11.7. The molecule has 1 aliphatic rings. The van der Waals surface area contributed by atoms with Gasteiger partial charge in [0.15, 0.2) is 0 Å². The van der Waals surface area contributed by atoms with Gasteiger partial charge >= 0.3 is 0 Å². The molecule has 0 aromatic carbocycles. The number of carbonyl (C=O) groups is 1. The predicted octanol–water partition coefficient (Wildman–Crippen LogP) is 3.50. The largest absolute Gasteiger partial charge is 0.299 e. The van der Waals surface area contributed by atoms with Crippen LogP contribution in [0.15, 0.2) is 0 Å². The van der Waals surface area contributed by atoms with Gasteiger partial charge in [-0.3, -0.25) is 9.69 Å². The van der Waals surface area contributed by atoms with E-state index in [-0.39, 0.29) is 5.41 Å². The quantitative estimate of drug-likeness (QED) is 0.707. The molecule has 1 rings (SSSR count). The Balaban J connectivity index is 2.65. The first-order valence-electron chi connectivity index (χ1n) is 7.08. The third-order valence-corrected chi connectivity index (χ3v) is 3.99. The lowest BCUT2D eigenvalue weighted by molar-refractivity contribution is -0.126. The fraction of sp³-hybridized carbons (Fsp3) is 0.933. The molecular weight excluding hydrogens is 210 g/mol. The first-order chi connectivity index (χ1) is 7.83. The molecule has 0 aliphatic heterocycles. The monoisotopic (exact) mass is 239 g/mol. The normalized spacial score (nSPS) is 18.3. The standard InChI is InChI=1S/C15H29NO/c1-12(2)10-16(14-8-6-7-9-14)11-15(4,5)13(3)17/h12,14H,6-11H2,1-5H3. The van der Waals surface area contributed by atoms with E-state index in [4.69, 9.17) is 0 Å². The van der Waals surface area contributed by atoms with Crippen molar-refractivity contribution in [2.45, 2.75) is 66.3 Å². The lowest BCUT2D eigenvalue weighted by Crippen LogP contribution is -2.44. The molecule has 0 heterocycles. The molecule has 0 aromatic heterocycles. The molecular formula is C15H29NO. The molecule has 2 nitrogen and oxygen atoms in total. The molecule has 0 radical (unpaired) electrons. The van der Waals surface area contributed by atoms with E-state index in [2.05, 4.69) is 32.6 Å². The molecule has 0 aromatic rings. The Hall–Kier alpha value is -0.370. The molecule has 17 heavy (non-hydrogen) atoms. The number of ketones is 1. The Morgan fingerprint density at radius 2 is 1.82 bits per heavy atom. The van der Waals surface area contributed by atoms with E-state index in [1.54, 1.807) is 6.92 Å². The number of rotatable bonds is 6. The van der Waals surface area contributed by atoms with Crippen LogP contribution < -0.4 is 0 Å². The van der Waals surface area contributed by atoms with Gasteiger partial charge in [0.25, 0.3) is 0 Å². The number of hydrogen-bond donors (Lipinski definition) is 0. The second-order valence-corrected chi connectivity index (χ2v) is 6.70. The van der Waals surface area contributed by atoms with Crippen LogP contribution >= 0.6 is 0 Å². The summed E-state index contributed by atoms with van der Waals surface area (Å²) in [5.74, 6) is 0.989. The van der Waals surface area contributed by atoms with Crippen molar-refractivity contribution >= 4 is 5.78 Å². The Labute approximate surface area is 107 Å². The fourth-order valence-corrected chi connectivity index (χ4v) is 2.70. The number of carbonyl (C=O) groups excluding carboxylic acids is 1. The van der Waals surface area contributed by atoms with Gasteiger partial charge in [0.2, 0.25) is 0 Å². The summed E-state index contributed by atoms with van der Waals surface area (Å²) < 4.78 is 0. The average Bonchev–Trinajstić information content (AvgIpc) is 2.67. The summed E-state index contributed by atoms with van der Waals surface area (Å²) in [6, 6.07) is 0.719. The second kappa shape index (κ2) is 5.99. The summed E-state index contributed by atoms with van der Waals surface area (Å²) in [6.45, 7) is 12.5. The summed E-state index contributed by atoms with van der Waals surface area (Å²) in [7, 11) is 0. The van der Waals surface area contributed by atoms with E-state index < -0.39 is 0 Å². The Kier molecular flexibility index (Phi) is 5.18. The van der Waals surface area contributed by atoms with Crippen LogP contribution in [0.2, 0.25) is 0 Å². The van der Waals surface area contributed by atoms with Crippen LogP contribution in [-0.4, -0.2) is 29.8 Å². The van der Waals surface area contributed by atoms with Crippen molar-refractivity contribution < 1.29 is 4.79 Å². The molecule has 0 amide bonds. The Morgan fingerprint density at radius 3 is 2.24 bits per heavy atom. The van der Waals surface area contributed by atoms with E-state index in [0.29, 0.717) is 11.7 Å². The molecule has 0 N–H and O–H groups in total. The zero-order valence-electron chi connectivity index (χ0n) is 12.3. The Bertz CT molecular complexity index is 252. The molecule has 2 heteroatoms. The van der Waals surface area contributed by atoms with Gasteiger partial charge in [0.1, 0.15) is 5.78 Å². The minimum Gasteiger partial charge on any atom is -0.299 e. The molecule has 1 aliphatic carbocycles. The summed E-state index contributed by atoms with van der Waals surface area (Å²) in [6.07, 6.45) is 5.36. The van der Waals surface area contributed by atoms with Gasteiger partial charge in [0, 0.05) is 24.5 Å². The maximum Gasteiger partial charge on any atom is 0.136 e. The van der Waals surface area contributed by atoms with Crippen molar-refractivity contribution in [1.82, 2.24) is 4.90 Å². The summed E-state index contributed by atoms with van der Waals surface area (Å²) in [5, 5.41) is 0. The minimum absolute atomic E-state index is 0.197. The van der Waals surface area contributed by atoms with Crippen molar-refractivity contribution in [3.63, 3.8) is 0 Å². The van der Waals surface area contributed by atoms with Crippen LogP contribution in [0.3, 0.4) is 0 Å². The van der Waals surface area contributed by atoms with Crippen molar-refractivity contribution in [1.29, 1.82) is 0 Å². The summed E-state index contributed by atoms with van der Waals surface area (Å²) in [5.41, 5.74) is -0.197. The fourth-order valence-electron chi connectivity index (χ4n) is 2.70. The van der Waals surface area contributed by atoms with Gasteiger partial charge in [0.05, 0.1) is 0 Å². The minimum atomic E-state index is -0.197. The van der Waals surface area contributed by atoms with E-state index in [1.807, 2.05) is 0 Å². The topological polar surface area (TPSA) is 20.3 Å². The predicted molar refractivity (Wildman–Crippen MR) is 73.1 cm³/mol. The highest BCUT2D eigenvalue weighted by molar-refractivity contribution is 5.81. The first kappa shape index (κ1) is 14.7. The van der Waals surface area contributed by atoms with Gasteiger partial charge in [-0.15, -0.1) is 0 Å². The summed E-state index contributed by atoms with van der Waals surface area (Å²) in [4.78, 5) is 14.2. The van der Waals surface area contributed by atoms with Crippen LogP contribution in [0.1, 0.15) is 60.3 Å². The molecule has 0 unspecified atom stereocenters. The highest BCUT2D eigenvalue weighted by Crippen LogP contribution is 2.28. The van der Waals surface area contributed by atoms with Crippen molar-refractivity contribution in [2.75, 3.05) is 13.1 Å². The van der Waals surface area contributed by atoms with Gasteiger partial charge in [-0.25, -0.2) is 0 Å². The average molecular weight is 239 g/mol. The van der Waals surface area contributed by atoms with Crippen molar-refractivity contribution in [2.24, 2.45) is 11.3 Å². The summed E-state index contributed by atoms with van der Waals surface area (Å²) >= 11 is 0. The molecule has 0 bridgehead atoms. The molecule has 100 valence electrons. The maximum atomic E-state index is 11.7. The highest BCUT2D eigenvalue weighted by atomic mass is 16.1. The molecule has 0 atom stereocenters. The molecule has 0 saturated heterocycles. The molecule has 0 spiro atoms. The van der Waals surface area contributed by atoms with Gasteiger partial charge < -0.3 is 0 Å². The van der Waals surface area contributed by atoms with E-state index in [9.17, 15) is 4.79 Å². The third kappa shape index (κ3) is 4.42.